The van der Waals surface area contributed by atoms with E-state index in [-0.39, 0.29) is 5.56 Å². The van der Waals surface area contributed by atoms with Gasteiger partial charge < -0.3 is 4.90 Å². The van der Waals surface area contributed by atoms with Gasteiger partial charge in [0.1, 0.15) is 0 Å². The van der Waals surface area contributed by atoms with Crippen LogP contribution in [0.3, 0.4) is 0 Å². The fourth-order valence-electron chi connectivity index (χ4n) is 3.30. The Morgan fingerprint density at radius 1 is 1.27 bits per heavy atom. The number of rotatable bonds is 3. The summed E-state index contributed by atoms with van der Waals surface area (Å²) in [4.78, 5) is 26.0. The van der Waals surface area contributed by atoms with E-state index in [9.17, 15) is 4.79 Å². The summed E-state index contributed by atoms with van der Waals surface area (Å²) in [5.41, 5.74) is 1.89. The highest BCUT2D eigenvalue weighted by Crippen LogP contribution is 2.21. The van der Waals surface area contributed by atoms with Crippen LogP contribution in [0.4, 0.5) is 5.95 Å². The lowest BCUT2D eigenvalue weighted by molar-refractivity contribution is 0.244. The standard InChI is InChI=1S/C16H20N4OS/c21-15-13-11-19(10-12-4-3-9-22-12)8-5-14(13)17-16(18-15)20-6-1-2-7-20/h3-4,9H,1-2,5-8,10-11H2,(H,17,18,21). The van der Waals surface area contributed by atoms with Crippen LogP contribution in [-0.4, -0.2) is 34.5 Å². The first kappa shape index (κ1) is 14.0. The van der Waals surface area contributed by atoms with Crippen molar-refractivity contribution in [3.8, 4) is 0 Å². The molecule has 1 fully saturated rings. The molecule has 0 saturated carbocycles. The van der Waals surface area contributed by atoms with Crippen molar-refractivity contribution in [1.82, 2.24) is 14.9 Å². The minimum Gasteiger partial charge on any atom is -0.342 e. The predicted molar refractivity (Wildman–Crippen MR) is 88.4 cm³/mol. The summed E-state index contributed by atoms with van der Waals surface area (Å²) in [7, 11) is 0. The van der Waals surface area contributed by atoms with E-state index in [0.717, 1.165) is 49.8 Å². The fourth-order valence-corrected chi connectivity index (χ4v) is 4.05. The minimum atomic E-state index is 0.0442. The molecule has 2 aromatic heterocycles. The molecule has 0 aromatic carbocycles. The predicted octanol–water partition coefficient (Wildman–Crippen LogP) is 1.99. The van der Waals surface area contributed by atoms with Crippen molar-refractivity contribution in [1.29, 1.82) is 0 Å². The Morgan fingerprint density at radius 3 is 2.91 bits per heavy atom. The van der Waals surface area contributed by atoms with E-state index in [2.05, 4.69) is 32.3 Å². The van der Waals surface area contributed by atoms with Crippen molar-refractivity contribution >= 4 is 17.3 Å². The summed E-state index contributed by atoms with van der Waals surface area (Å²) in [6, 6.07) is 4.23. The molecule has 0 aliphatic carbocycles. The molecule has 0 bridgehead atoms. The molecule has 0 spiro atoms. The van der Waals surface area contributed by atoms with Crippen molar-refractivity contribution < 1.29 is 0 Å². The molecule has 2 aliphatic heterocycles. The number of aromatic amines is 1. The molecule has 2 aliphatic rings. The van der Waals surface area contributed by atoms with Crippen LogP contribution in [0.5, 0.6) is 0 Å². The van der Waals surface area contributed by atoms with Crippen LogP contribution in [0.2, 0.25) is 0 Å². The molecule has 0 radical (unpaired) electrons. The minimum absolute atomic E-state index is 0.0442. The van der Waals surface area contributed by atoms with E-state index in [1.54, 1.807) is 11.3 Å². The fraction of sp³-hybridized carbons (Fsp3) is 0.500. The van der Waals surface area contributed by atoms with Gasteiger partial charge in [-0.1, -0.05) is 6.07 Å². The third kappa shape index (κ3) is 2.68. The topological polar surface area (TPSA) is 52.2 Å². The van der Waals surface area contributed by atoms with Gasteiger partial charge in [0.05, 0.1) is 11.3 Å². The van der Waals surface area contributed by atoms with Crippen LogP contribution >= 0.6 is 11.3 Å². The lowest BCUT2D eigenvalue weighted by Gasteiger charge is -2.28. The lowest BCUT2D eigenvalue weighted by Crippen LogP contribution is -2.36. The first-order valence-corrected chi connectivity index (χ1v) is 8.79. The summed E-state index contributed by atoms with van der Waals surface area (Å²) in [5.74, 6) is 0.771. The van der Waals surface area contributed by atoms with E-state index >= 15 is 0 Å². The average Bonchev–Trinajstić information content (AvgIpc) is 3.20. The SMILES string of the molecule is O=c1[nH]c(N2CCCC2)nc2c1CN(Cc1cccs1)CC2. The molecule has 0 unspecified atom stereocenters. The molecule has 0 atom stereocenters. The van der Waals surface area contributed by atoms with Crippen LogP contribution in [0, 0.1) is 0 Å². The van der Waals surface area contributed by atoms with Gasteiger partial charge in [-0.05, 0) is 24.3 Å². The first-order valence-electron chi connectivity index (χ1n) is 7.91. The van der Waals surface area contributed by atoms with Gasteiger partial charge in [-0.15, -0.1) is 11.3 Å². The van der Waals surface area contributed by atoms with Gasteiger partial charge >= 0.3 is 0 Å². The summed E-state index contributed by atoms with van der Waals surface area (Å²) in [5, 5.41) is 2.10. The van der Waals surface area contributed by atoms with Gasteiger partial charge in [0, 0.05) is 44.0 Å². The third-order valence-corrected chi connectivity index (χ3v) is 5.36. The number of thiophene rings is 1. The zero-order chi connectivity index (χ0) is 14.9. The van der Waals surface area contributed by atoms with Crippen LogP contribution < -0.4 is 10.5 Å². The number of fused-ring (bicyclic) bond motifs is 1. The van der Waals surface area contributed by atoms with E-state index in [1.165, 1.54) is 17.7 Å². The summed E-state index contributed by atoms with van der Waals surface area (Å²) in [6.45, 7) is 4.61. The lowest BCUT2D eigenvalue weighted by atomic mass is 10.1. The quantitative estimate of drug-likeness (QED) is 0.941. The van der Waals surface area contributed by atoms with E-state index in [4.69, 9.17) is 4.98 Å². The van der Waals surface area contributed by atoms with Crippen molar-refractivity contribution in [2.75, 3.05) is 24.5 Å². The zero-order valence-electron chi connectivity index (χ0n) is 12.5. The Balaban J connectivity index is 1.56. The van der Waals surface area contributed by atoms with Gasteiger partial charge in [-0.3, -0.25) is 14.7 Å². The van der Waals surface area contributed by atoms with Gasteiger partial charge in [0.15, 0.2) is 0 Å². The molecule has 1 saturated heterocycles. The first-order chi connectivity index (χ1) is 10.8. The monoisotopic (exact) mass is 316 g/mol. The Hall–Kier alpha value is -1.66. The van der Waals surface area contributed by atoms with Gasteiger partial charge in [-0.25, -0.2) is 4.98 Å². The Bertz CT molecular complexity index is 703. The second kappa shape index (κ2) is 5.85. The Labute approximate surface area is 133 Å². The van der Waals surface area contributed by atoms with Crippen LogP contribution in [0.1, 0.15) is 29.0 Å². The summed E-state index contributed by atoms with van der Waals surface area (Å²) in [6.07, 6.45) is 3.25. The zero-order valence-corrected chi connectivity index (χ0v) is 13.4. The molecule has 1 N–H and O–H groups in total. The number of hydrogen-bond donors (Lipinski definition) is 1. The summed E-state index contributed by atoms with van der Waals surface area (Å²) >= 11 is 1.77. The molecule has 4 heterocycles. The molecule has 0 amide bonds. The number of anilines is 1. The smallest absolute Gasteiger partial charge is 0.257 e. The van der Waals surface area contributed by atoms with Crippen molar-refractivity contribution in [3.63, 3.8) is 0 Å². The van der Waals surface area contributed by atoms with Gasteiger partial charge in [0.25, 0.3) is 5.56 Å². The van der Waals surface area contributed by atoms with E-state index < -0.39 is 0 Å². The second-order valence-electron chi connectivity index (χ2n) is 6.05. The molecule has 4 rings (SSSR count). The van der Waals surface area contributed by atoms with Crippen LogP contribution in [0.15, 0.2) is 22.3 Å². The highest BCUT2D eigenvalue weighted by molar-refractivity contribution is 7.09. The van der Waals surface area contributed by atoms with Crippen molar-refractivity contribution in [2.24, 2.45) is 0 Å². The van der Waals surface area contributed by atoms with Crippen molar-refractivity contribution in [3.05, 3.63) is 44.0 Å². The summed E-state index contributed by atoms with van der Waals surface area (Å²) < 4.78 is 0. The molecular weight excluding hydrogens is 296 g/mol. The largest absolute Gasteiger partial charge is 0.342 e. The Morgan fingerprint density at radius 2 is 2.14 bits per heavy atom. The second-order valence-corrected chi connectivity index (χ2v) is 7.08. The number of H-pyrrole nitrogens is 1. The molecule has 6 heteroatoms. The highest BCUT2D eigenvalue weighted by atomic mass is 32.1. The normalized spacial score (nSPS) is 18.6. The van der Waals surface area contributed by atoms with Crippen LogP contribution in [0.25, 0.3) is 0 Å². The van der Waals surface area contributed by atoms with Gasteiger partial charge in [-0.2, -0.15) is 0 Å². The highest BCUT2D eigenvalue weighted by Gasteiger charge is 2.23. The maximum absolute atomic E-state index is 12.4. The average molecular weight is 316 g/mol. The van der Waals surface area contributed by atoms with Gasteiger partial charge in [0.2, 0.25) is 5.95 Å². The Kier molecular flexibility index (Phi) is 3.72. The number of nitrogens with zero attached hydrogens (tertiary/aromatic N) is 3. The number of nitrogens with one attached hydrogen (secondary N) is 1. The molecule has 116 valence electrons. The van der Waals surface area contributed by atoms with Crippen molar-refractivity contribution in [2.45, 2.75) is 32.4 Å². The van der Waals surface area contributed by atoms with E-state index in [0.29, 0.717) is 6.54 Å². The number of hydrogen-bond acceptors (Lipinski definition) is 5. The number of aromatic nitrogens is 2. The maximum Gasteiger partial charge on any atom is 0.257 e. The molecule has 2 aromatic rings. The molecule has 22 heavy (non-hydrogen) atoms. The van der Waals surface area contributed by atoms with E-state index in [1.807, 2.05) is 0 Å². The van der Waals surface area contributed by atoms with Crippen LogP contribution in [-0.2, 0) is 19.5 Å². The molecular formula is C16H20N4OS. The third-order valence-electron chi connectivity index (χ3n) is 4.50. The molecule has 5 nitrogen and oxygen atoms in total. The maximum atomic E-state index is 12.4.